The summed E-state index contributed by atoms with van der Waals surface area (Å²) in [5.74, 6) is 0.308. The molecular weight excluding hydrogens is 395 g/mol. The zero-order valence-corrected chi connectivity index (χ0v) is 17.5. The number of nitrogens with zero attached hydrogens (tertiary/aromatic N) is 5. The number of morpholine rings is 1. The van der Waals surface area contributed by atoms with Gasteiger partial charge in [0.2, 0.25) is 0 Å². The number of halogens is 1. The van der Waals surface area contributed by atoms with Gasteiger partial charge < -0.3 is 15.0 Å². The molecular formula is C23H23FN6O. The Morgan fingerprint density at radius 3 is 2.58 bits per heavy atom. The van der Waals surface area contributed by atoms with Crippen molar-refractivity contribution in [1.82, 2.24) is 19.7 Å². The molecule has 31 heavy (non-hydrogen) atoms. The van der Waals surface area contributed by atoms with Gasteiger partial charge in [-0.2, -0.15) is 5.10 Å². The van der Waals surface area contributed by atoms with E-state index in [9.17, 15) is 4.39 Å². The van der Waals surface area contributed by atoms with Gasteiger partial charge in [0.05, 0.1) is 36.2 Å². The molecule has 158 valence electrons. The fraction of sp³-hybridized carbons (Fsp3) is 0.261. The summed E-state index contributed by atoms with van der Waals surface area (Å²) < 4.78 is 21.9. The molecule has 4 aromatic rings. The topological polar surface area (TPSA) is 68.1 Å². The van der Waals surface area contributed by atoms with E-state index in [1.165, 1.54) is 18.0 Å². The van der Waals surface area contributed by atoms with Crippen molar-refractivity contribution in [1.29, 1.82) is 0 Å². The highest BCUT2D eigenvalue weighted by atomic mass is 19.1. The Labute approximate surface area is 179 Å². The van der Waals surface area contributed by atoms with Crippen molar-refractivity contribution in [2.24, 2.45) is 0 Å². The lowest BCUT2D eigenvalue weighted by molar-refractivity contribution is 0.122. The standard InChI is InChI=1S/C23H23FN6O/c1-15-3-5-20(16(2)11-15)30-23-18(13-27-30)22(25-14-26-23)28-17-4-6-21(19(24)12-17)29-7-9-31-10-8-29/h3-6,11-14H,7-10H2,1-2H3,(H,25,26,28). The molecule has 1 aliphatic rings. The molecule has 1 saturated heterocycles. The molecule has 0 saturated carbocycles. The number of benzene rings is 2. The van der Waals surface area contributed by atoms with Crippen LogP contribution in [-0.4, -0.2) is 46.1 Å². The van der Waals surface area contributed by atoms with Gasteiger partial charge in [-0.1, -0.05) is 17.7 Å². The maximum absolute atomic E-state index is 14.8. The predicted molar refractivity (Wildman–Crippen MR) is 119 cm³/mol. The molecule has 1 fully saturated rings. The van der Waals surface area contributed by atoms with Crippen molar-refractivity contribution in [2.75, 3.05) is 36.5 Å². The zero-order chi connectivity index (χ0) is 21.4. The Bertz CT molecular complexity index is 1250. The number of anilines is 3. The Balaban J connectivity index is 1.46. The third-order valence-corrected chi connectivity index (χ3v) is 5.51. The van der Waals surface area contributed by atoms with Crippen molar-refractivity contribution in [3.8, 4) is 5.69 Å². The van der Waals surface area contributed by atoms with Crippen LogP contribution in [0.15, 0.2) is 48.9 Å². The van der Waals surface area contributed by atoms with Crippen LogP contribution >= 0.6 is 0 Å². The van der Waals surface area contributed by atoms with Gasteiger partial charge in [-0.25, -0.2) is 19.0 Å². The van der Waals surface area contributed by atoms with Crippen molar-refractivity contribution in [3.63, 3.8) is 0 Å². The van der Waals surface area contributed by atoms with Crippen LogP contribution in [0.1, 0.15) is 11.1 Å². The van der Waals surface area contributed by atoms with Gasteiger partial charge in [0.25, 0.3) is 0 Å². The first kappa shape index (κ1) is 19.4. The molecule has 2 aromatic heterocycles. The molecule has 0 spiro atoms. The molecule has 3 heterocycles. The maximum atomic E-state index is 14.8. The molecule has 8 heteroatoms. The molecule has 0 aliphatic carbocycles. The van der Waals surface area contributed by atoms with Gasteiger partial charge in [0.1, 0.15) is 18.0 Å². The molecule has 5 rings (SSSR count). The summed E-state index contributed by atoms with van der Waals surface area (Å²) in [6.07, 6.45) is 3.22. The second-order valence-electron chi connectivity index (χ2n) is 7.70. The van der Waals surface area contributed by atoms with Gasteiger partial charge >= 0.3 is 0 Å². The Kier molecular flexibility index (Phi) is 4.99. The minimum atomic E-state index is -0.275. The average Bonchev–Trinajstić information content (AvgIpc) is 3.19. The molecule has 0 radical (unpaired) electrons. The predicted octanol–water partition coefficient (Wildman–Crippen LogP) is 4.15. The highest BCUT2D eigenvalue weighted by Crippen LogP contribution is 2.28. The van der Waals surface area contributed by atoms with E-state index in [0.29, 0.717) is 49.1 Å². The molecule has 1 aliphatic heterocycles. The molecule has 0 unspecified atom stereocenters. The first-order valence-electron chi connectivity index (χ1n) is 10.3. The number of nitrogens with one attached hydrogen (secondary N) is 1. The van der Waals surface area contributed by atoms with E-state index in [-0.39, 0.29) is 5.82 Å². The second kappa shape index (κ2) is 7.96. The van der Waals surface area contributed by atoms with Crippen LogP contribution in [-0.2, 0) is 4.74 Å². The lowest BCUT2D eigenvalue weighted by Crippen LogP contribution is -2.36. The van der Waals surface area contributed by atoms with Gasteiger partial charge in [0.15, 0.2) is 5.65 Å². The van der Waals surface area contributed by atoms with E-state index in [0.717, 1.165) is 16.6 Å². The van der Waals surface area contributed by atoms with E-state index in [1.807, 2.05) is 17.0 Å². The van der Waals surface area contributed by atoms with Crippen molar-refractivity contribution in [3.05, 3.63) is 65.9 Å². The van der Waals surface area contributed by atoms with E-state index in [1.54, 1.807) is 16.9 Å². The SMILES string of the molecule is Cc1ccc(-n2ncc3c(Nc4ccc(N5CCOCC5)c(F)c4)ncnc32)c(C)c1. The van der Waals surface area contributed by atoms with E-state index >= 15 is 0 Å². The maximum Gasteiger partial charge on any atom is 0.168 e. The molecule has 0 atom stereocenters. The second-order valence-corrected chi connectivity index (χ2v) is 7.70. The van der Waals surface area contributed by atoms with E-state index in [4.69, 9.17) is 4.74 Å². The quantitative estimate of drug-likeness (QED) is 0.537. The number of aryl methyl sites for hydroxylation is 2. The number of hydrogen-bond acceptors (Lipinski definition) is 6. The Hall–Kier alpha value is -3.52. The third-order valence-electron chi connectivity index (χ3n) is 5.51. The van der Waals surface area contributed by atoms with Crippen LogP contribution in [0.3, 0.4) is 0 Å². The minimum absolute atomic E-state index is 0.275. The molecule has 7 nitrogen and oxygen atoms in total. The van der Waals surface area contributed by atoms with Crippen LogP contribution in [0, 0.1) is 19.7 Å². The summed E-state index contributed by atoms with van der Waals surface area (Å²) in [4.78, 5) is 10.8. The highest BCUT2D eigenvalue weighted by Gasteiger charge is 2.17. The number of ether oxygens (including phenoxy) is 1. The van der Waals surface area contributed by atoms with Crippen molar-refractivity contribution in [2.45, 2.75) is 13.8 Å². The smallest absolute Gasteiger partial charge is 0.168 e. The third kappa shape index (κ3) is 3.70. The summed E-state index contributed by atoms with van der Waals surface area (Å²) in [6, 6.07) is 11.3. The van der Waals surface area contributed by atoms with Gasteiger partial charge in [-0.3, -0.25) is 0 Å². The summed E-state index contributed by atoms with van der Waals surface area (Å²) >= 11 is 0. The summed E-state index contributed by atoms with van der Waals surface area (Å²) in [6.45, 7) is 6.72. The Morgan fingerprint density at radius 1 is 1.00 bits per heavy atom. The van der Waals surface area contributed by atoms with Crippen LogP contribution in [0.25, 0.3) is 16.7 Å². The Morgan fingerprint density at radius 2 is 1.81 bits per heavy atom. The molecule has 0 amide bonds. The lowest BCUT2D eigenvalue weighted by atomic mass is 10.1. The molecule has 2 aromatic carbocycles. The first-order valence-corrected chi connectivity index (χ1v) is 10.3. The minimum Gasteiger partial charge on any atom is -0.378 e. The highest BCUT2D eigenvalue weighted by molar-refractivity contribution is 5.89. The number of rotatable bonds is 4. The fourth-order valence-electron chi connectivity index (χ4n) is 3.95. The van der Waals surface area contributed by atoms with Crippen LogP contribution in [0.4, 0.5) is 21.6 Å². The van der Waals surface area contributed by atoms with Crippen LogP contribution < -0.4 is 10.2 Å². The molecule has 1 N–H and O–H groups in total. The number of aromatic nitrogens is 4. The van der Waals surface area contributed by atoms with Crippen molar-refractivity contribution >= 4 is 28.2 Å². The van der Waals surface area contributed by atoms with Gasteiger partial charge in [-0.05, 0) is 43.7 Å². The lowest BCUT2D eigenvalue weighted by Gasteiger charge is -2.29. The molecule has 0 bridgehead atoms. The largest absolute Gasteiger partial charge is 0.378 e. The van der Waals surface area contributed by atoms with E-state index < -0.39 is 0 Å². The normalized spacial score (nSPS) is 14.2. The fourth-order valence-corrected chi connectivity index (χ4v) is 3.95. The average molecular weight is 418 g/mol. The zero-order valence-electron chi connectivity index (χ0n) is 17.5. The number of hydrogen-bond donors (Lipinski definition) is 1. The summed E-state index contributed by atoms with van der Waals surface area (Å²) in [7, 11) is 0. The summed E-state index contributed by atoms with van der Waals surface area (Å²) in [5, 5.41) is 8.52. The van der Waals surface area contributed by atoms with E-state index in [2.05, 4.69) is 46.4 Å². The van der Waals surface area contributed by atoms with Crippen LogP contribution in [0.5, 0.6) is 0 Å². The monoisotopic (exact) mass is 418 g/mol. The van der Waals surface area contributed by atoms with Gasteiger partial charge in [0, 0.05) is 18.8 Å². The van der Waals surface area contributed by atoms with Crippen LogP contribution in [0.2, 0.25) is 0 Å². The summed E-state index contributed by atoms with van der Waals surface area (Å²) in [5.41, 5.74) is 5.16. The van der Waals surface area contributed by atoms with Gasteiger partial charge in [-0.15, -0.1) is 0 Å². The number of fused-ring (bicyclic) bond motifs is 1. The van der Waals surface area contributed by atoms with Crippen molar-refractivity contribution < 1.29 is 9.13 Å². The first-order chi connectivity index (χ1) is 15.1.